The number of piperazine rings is 1. The van der Waals surface area contributed by atoms with Crippen molar-refractivity contribution in [3.8, 4) is 17.0 Å². The van der Waals surface area contributed by atoms with Crippen molar-refractivity contribution in [1.82, 2.24) is 34.6 Å². The molecule has 41 heavy (non-hydrogen) atoms. The number of rotatable bonds is 7. The molecule has 0 spiro atoms. The van der Waals surface area contributed by atoms with Gasteiger partial charge < -0.3 is 14.6 Å². The summed E-state index contributed by atoms with van der Waals surface area (Å²) in [6.45, 7) is 4.22. The van der Waals surface area contributed by atoms with Crippen LogP contribution in [-0.2, 0) is 6.42 Å². The SMILES string of the molecule is COc1ccccc1Cc1nc2ccc(-c3ccn(C4CCC(N5CCN(c6cnccn6)CC5)CC4)n3)cc2[nH]1. The van der Waals surface area contributed by atoms with Crippen LogP contribution in [0.1, 0.15) is 43.1 Å². The van der Waals surface area contributed by atoms with Gasteiger partial charge in [-0.3, -0.25) is 14.6 Å². The molecule has 1 saturated carbocycles. The molecule has 1 aliphatic heterocycles. The predicted octanol–water partition coefficient (Wildman–Crippen LogP) is 5.12. The molecule has 210 valence electrons. The van der Waals surface area contributed by atoms with E-state index in [9.17, 15) is 0 Å². The fourth-order valence-electron chi connectivity index (χ4n) is 6.49. The van der Waals surface area contributed by atoms with E-state index in [1.54, 1.807) is 19.5 Å². The molecule has 0 bridgehead atoms. The lowest BCUT2D eigenvalue weighted by atomic mass is 9.90. The smallest absolute Gasteiger partial charge is 0.147 e. The number of aromatic amines is 1. The first-order valence-electron chi connectivity index (χ1n) is 14.6. The summed E-state index contributed by atoms with van der Waals surface area (Å²) >= 11 is 0. The number of H-pyrrole nitrogens is 1. The van der Waals surface area contributed by atoms with Crippen molar-refractivity contribution in [2.24, 2.45) is 0 Å². The van der Waals surface area contributed by atoms with Crippen molar-refractivity contribution in [1.29, 1.82) is 0 Å². The molecule has 3 aromatic heterocycles. The molecule has 4 heterocycles. The quantitative estimate of drug-likeness (QED) is 0.302. The van der Waals surface area contributed by atoms with Gasteiger partial charge in [0.2, 0.25) is 0 Å². The van der Waals surface area contributed by atoms with Gasteiger partial charge in [0.15, 0.2) is 0 Å². The van der Waals surface area contributed by atoms with Crippen LogP contribution in [0.5, 0.6) is 5.75 Å². The Morgan fingerprint density at radius 3 is 2.56 bits per heavy atom. The summed E-state index contributed by atoms with van der Waals surface area (Å²) in [6.07, 6.45) is 13.0. The second-order valence-corrected chi connectivity index (χ2v) is 11.1. The highest BCUT2D eigenvalue weighted by atomic mass is 16.5. The van der Waals surface area contributed by atoms with Crippen LogP contribution in [0.3, 0.4) is 0 Å². The van der Waals surface area contributed by atoms with Gasteiger partial charge in [-0.05, 0) is 49.9 Å². The Morgan fingerprint density at radius 2 is 1.76 bits per heavy atom. The lowest BCUT2D eigenvalue weighted by Gasteiger charge is -2.42. The molecule has 0 radical (unpaired) electrons. The fourth-order valence-corrected chi connectivity index (χ4v) is 6.49. The van der Waals surface area contributed by atoms with Gasteiger partial charge in [-0.15, -0.1) is 0 Å². The third kappa shape index (κ3) is 5.41. The summed E-state index contributed by atoms with van der Waals surface area (Å²) in [7, 11) is 1.71. The van der Waals surface area contributed by atoms with Gasteiger partial charge in [0.25, 0.3) is 0 Å². The molecule has 2 aliphatic rings. The van der Waals surface area contributed by atoms with Crippen LogP contribution < -0.4 is 9.64 Å². The normalized spacial score (nSPS) is 20.0. The maximum Gasteiger partial charge on any atom is 0.147 e. The Balaban J connectivity index is 0.967. The average Bonchev–Trinajstić information content (AvgIpc) is 3.69. The van der Waals surface area contributed by atoms with E-state index < -0.39 is 0 Å². The first-order valence-corrected chi connectivity index (χ1v) is 14.6. The van der Waals surface area contributed by atoms with Crippen LogP contribution in [0, 0.1) is 0 Å². The first-order chi connectivity index (χ1) is 20.2. The van der Waals surface area contributed by atoms with Gasteiger partial charge in [0.1, 0.15) is 17.4 Å². The zero-order chi connectivity index (χ0) is 27.6. The average molecular weight is 549 g/mol. The molecule has 7 rings (SSSR count). The zero-order valence-corrected chi connectivity index (χ0v) is 23.5. The van der Waals surface area contributed by atoms with E-state index in [-0.39, 0.29) is 0 Å². The van der Waals surface area contributed by atoms with Crippen LogP contribution in [0.15, 0.2) is 73.3 Å². The number of ether oxygens (including phenoxy) is 1. The summed E-state index contributed by atoms with van der Waals surface area (Å²) in [5.41, 5.74) is 5.23. The fraction of sp³-hybridized carbons (Fsp3) is 0.375. The molecule has 2 aromatic carbocycles. The van der Waals surface area contributed by atoms with E-state index in [1.807, 2.05) is 24.4 Å². The summed E-state index contributed by atoms with van der Waals surface area (Å²) < 4.78 is 7.71. The summed E-state index contributed by atoms with van der Waals surface area (Å²) in [6, 6.07) is 17.7. The van der Waals surface area contributed by atoms with E-state index in [0.717, 1.165) is 71.4 Å². The third-order valence-corrected chi connectivity index (χ3v) is 8.73. The number of nitrogens with one attached hydrogen (secondary N) is 1. The summed E-state index contributed by atoms with van der Waals surface area (Å²) in [5.74, 6) is 2.80. The number of aromatic nitrogens is 6. The van der Waals surface area contributed by atoms with E-state index >= 15 is 0 Å². The monoisotopic (exact) mass is 548 g/mol. The number of nitrogens with zero attached hydrogens (tertiary/aromatic N) is 7. The largest absolute Gasteiger partial charge is 0.496 e. The van der Waals surface area contributed by atoms with E-state index in [4.69, 9.17) is 14.8 Å². The number of methoxy groups -OCH3 is 1. The molecule has 0 amide bonds. The molecular formula is C32H36N8O. The van der Waals surface area contributed by atoms with E-state index in [1.165, 1.54) is 25.7 Å². The molecule has 0 unspecified atom stereocenters. The molecular weight excluding hydrogens is 512 g/mol. The highest BCUT2D eigenvalue weighted by Gasteiger charge is 2.29. The predicted molar refractivity (Wildman–Crippen MR) is 160 cm³/mol. The van der Waals surface area contributed by atoms with Crippen LogP contribution >= 0.6 is 0 Å². The minimum Gasteiger partial charge on any atom is -0.496 e. The minimum atomic E-state index is 0.462. The number of benzene rings is 2. The Hall–Kier alpha value is -4.24. The second-order valence-electron chi connectivity index (χ2n) is 11.1. The van der Waals surface area contributed by atoms with Crippen molar-refractivity contribution in [3.63, 3.8) is 0 Å². The number of hydrogen-bond donors (Lipinski definition) is 1. The number of para-hydroxylation sites is 1. The van der Waals surface area contributed by atoms with Gasteiger partial charge in [0.05, 0.1) is 36.1 Å². The molecule has 2 fully saturated rings. The van der Waals surface area contributed by atoms with Crippen molar-refractivity contribution < 1.29 is 4.74 Å². The molecule has 1 saturated heterocycles. The molecule has 9 heteroatoms. The van der Waals surface area contributed by atoms with Crippen molar-refractivity contribution >= 4 is 16.9 Å². The van der Waals surface area contributed by atoms with Gasteiger partial charge in [-0.2, -0.15) is 5.10 Å². The minimum absolute atomic E-state index is 0.462. The summed E-state index contributed by atoms with van der Waals surface area (Å²) in [5, 5.41) is 5.02. The van der Waals surface area contributed by atoms with Gasteiger partial charge >= 0.3 is 0 Å². The standard InChI is InChI=1S/C32H36N8O/c1-41-30-5-3-2-4-24(30)21-31-35-28-11-6-23(20-29(28)36-31)27-12-15-40(37-27)26-9-7-25(8-10-26)38-16-18-39(19-17-38)32-22-33-13-14-34-32/h2-6,11-15,20,22,25-26H,7-10,16-19,21H2,1H3,(H,35,36). The van der Waals surface area contributed by atoms with Crippen LogP contribution in [-0.4, -0.2) is 73.9 Å². The highest BCUT2D eigenvalue weighted by Crippen LogP contribution is 2.33. The van der Waals surface area contributed by atoms with Crippen LogP contribution in [0.4, 0.5) is 5.82 Å². The van der Waals surface area contributed by atoms with Crippen molar-refractivity contribution in [3.05, 3.63) is 84.7 Å². The molecule has 5 aromatic rings. The van der Waals surface area contributed by atoms with E-state index in [0.29, 0.717) is 18.5 Å². The van der Waals surface area contributed by atoms with Gasteiger partial charge in [-0.1, -0.05) is 24.3 Å². The molecule has 1 N–H and O–H groups in total. The van der Waals surface area contributed by atoms with Crippen LogP contribution in [0.25, 0.3) is 22.3 Å². The maximum atomic E-state index is 5.52. The Bertz CT molecular complexity index is 1600. The lowest BCUT2D eigenvalue weighted by molar-refractivity contribution is 0.128. The number of fused-ring (bicyclic) bond motifs is 1. The Kier molecular flexibility index (Phi) is 7.10. The molecule has 0 atom stereocenters. The van der Waals surface area contributed by atoms with Gasteiger partial charge in [0, 0.05) is 68.4 Å². The molecule has 1 aliphatic carbocycles. The number of imidazole rings is 1. The molecule has 9 nitrogen and oxygen atoms in total. The zero-order valence-electron chi connectivity index (χ0n) is 23.5. The third-order valence-electron chi connectivity index (χ3n) is 8.73. The van der Waals surface area contributed by atoms with Crippen LogP contribution in [0.2, 0.25) is 0 Å². The van der Waals surface area contributed by atoms with E-state index in [2.05, 4.69) is 66.0 Å². The second kappa shape index (κ2) is 11.3. The van der Waals surface area contributed by atoms with Gasteiger partial charge in [-0.25, -0.2) is 9.97 Å². The van der Waals surface area contributed by atoms with Crippen molar-refractivity contribution in [2.45, 2.75) is 44.2 Å². The first kappa shape index (κ1) is 25.7. The highest BCUT2D eigenvalue weighted by molar-refractivity contribution is 5.81. The Morgan fingerprint density at radius 1 is 0.927 bits per heavy atom. The lowest BCUT2D eigenvalue weighted by Crippen LogP contribution is -2.51. The Labute approximate surface area is 240 Å². The topological polar surface area (TPSA) is 88.0 Å². The number of anilines is 1. The van der Waals surface area contributed by atoms with Crippen molar-refractivity contribution in [2.75, 3.05) is 38.2 Å². The summed E-state index contributed by atoms with van der Waals surface area (Å²) in [4.78, 5) is 22.0. The number of hydrogen-bond acceptors (Lipinski definition) is 7. The maximum absolute atomic E-state index is 5.52.